The molecule has 0 saturated heterocycles. The fourth-order valence-corrected chi connectivity index (χ4v) is 1.92. The minimum atomic E-state index is -0.745. The Morgan fingerprint density at radius 2 is 2.20 bits per heavy atom. The third-order valence-corrected chi connectivity index (χ3v) is 2.96. The molecule has 1 atom stereocenters. The molecule has 0 spiro atoms. The molecule has 0 heterocycles. The zero-order chi connectivity index (χ0) is 11.0. The number of benzene rings is 1. The topological polar surface area (TPSA) is 37.3 Å². The van der Waals surface area contributed by atoms with Gasteiger partial charge >= 0.3 is 5.97 Å². The van der Waals surface area contributed by atoms with Crippen molar-refractivity contribution < 1.29 is 9.90 Å². The van der Waals surface area contributed by atoms with E-state index in [2.05, 4.69) is 18.2 Å². The van der Waals surface area contributed by atoms with Crippen molar-refractivity contribution in [2.45, 2.75) is 20.3 Å². The molecule has 0 fully saturated rings. The Morgan fingerprint density at radius 1 is 1.47 bits per heavy atom. The van der Waals surface area contributed by atoms with E-state index < -0.39 is 5.97 Å². The molecule has 1 aliphatic rings. The van der Waals surface area contributed by atoms with E-state index in [-0.39, 0.29) is 5.92 Å². The van der Waals surface area contributed by atoms with Crippen molar-refractivity contribution >= 4 is 12.0 Å². The van der Waals surface area contributed by atoms with Gasteiger partial charge in [0.2, 0.25) is 0 Å². The molecule has 2 nitrogen and oxygen atoms in total. The lowest BCUT2D eigenvalue weighted by molar-refractivity contribution is -0.139. The Kier molecular flexibility index (Phi) is 2.35. The van der Waals surface area contributed by atoms with Gasteiger partial charge < -0.3 is 5.11 Å². The Morgan fingerprint density at radius 3 is 2.87 bits per heavy atom. The summed E-state index contributed by atoms with van der Waals surface area (Å²) in [7, 11) is 0. The second kappa shape index (κ2) is 3.54. The minimum Gasteiger partial charge on any atom is -0.481 e. The number of carboxylic acid groups (broad SMARTS) is 1. The van der Waals surface area contributed by atoms with Crippen molar-refractivity contribution in [1.29, 1.82) is 0 Å². The molecular formula is C13H14O2. The molecule has 0 aromatic heterocycles. The van der Waals surface area contributed by atoms with E-state index in [4.69, 9.17) is 5.11 Å². The first kappa shape index (κ1) is 9.97. The molecule has 0 amide bonds. The summed E-state index contributed by atoms with van der Waals surface area (Å²) in [6, 6.07) is 6.26. The van der Waals surface area contributed by atoms with Crippen LogP contribution in [0.3, 0.4) is 0 Å². The Balaban J connectivity index is 2.31. The number of aliphatic carboxylic acids is 1. The Bertz CT molecular complexity index is 444. The van der Waals surface area contributed by atoms with Crippen LogP contribution in [-0.4, -0.2) is 11.1 Å². The summed E-state index contributed by atoms with van der Waals surface area (Å²) in [5.41, 5.74) is 4.64. The summed E-state index contributed by atoms with van der Waals surface area (Å²) in [4.78, 5) is 10.9. The second-order valence-corrected chi connectivity index (χ2v) is 4.16. The Hall–Kier alpha value is -1.57. The maximum absolute atomic E-state index is 10.9. The third kappa shape index (κ3) is 1.80. The van der Waals surface area contributed by atoms with E-state index in [9.17, 15) is 4.79 Å². The molecule has 1 N–H and O–H groups in total. The van der Waals surface area contributed by atoms with Gasteiger partial charge in [-0.25, -0.2) is 0 Å². The first-order chi connectivity index (χ1) is 7.08. The average Bonchev–Trinajstić information content (AvgIpc) is 2.58. The summed E-state index contributed by atoms with van der Waals surface area (Å²) in [6.45, 7) is 3.79. The molecule has 2 heteroatoms. The largest absolute Gasteiger partial charge is 0.481 e. The molecule has 15 heavy (non-hydrogen) atoms. The van der Waals surface area contributed by atoms with Crippen LogP contribution in [-0.2, 0) is 11.2 Å². The quantitative estimate of drug-likeness (QED) is 0.800. The van der Waals surface area contributed by atoms with Gasteiger partial charge in [0.25, 0.3) is 0 Å². The number of aryl methyl sites for hydroxylation is 1. The van der Waals surface area contributed by atoms with Gasteiger partial charge in [0.1, 0.15) is 0 Å². The van der Waals surface area contributed by atoms with E-state index in [1.165, 1.54) is 16.7 Å². The van der Waals surface area contributed by atoms with E-state index in [0.717, 1.165) is 12.0 Å². The molecule has 0 saturated carbocycles. The molecular weight excluding hydrogens is 188 g/mol. The highest BCUT2D eigenvalue weighted by molar-refractivity contribution is 5.78. The highest BCUT2D eigenvalue weighted by Crippen LogP contribution is 2.30. The number of hydrogen-bond donors (Lipinski definition) is 1. The molecule has 0 bridgehead atoms. The lowest BCUT2D eigenvalue weighted by Gasteiger charge is -2.06. The number of hydrogen-bond acceptors (Lipinski definition) is 1. The van der Waals surface area contributed by atoms with Gasteiger partial charge in [0, 0.05) is 0 Å². The predicted molar refractivity (Wildman–Crippen MR) is 59.7 cm³/mol. The molecule has 0 radical (unpaired) electrons. The fraction of sp³-hybridized carbons (Fsp3) is 0.308. The van der Waals surface area contributed by atoms with Crippen molar-refractivity contribution in [2.24, 2.45) is 5.92 Å². The van der Waals surface area contributed by atoms with Crippen LogP contribution in [0, 0.1) is 12.8 Å². The van der Waals surface area contributed by atoms with Gasteiger partial charge in [-0.2, -0.15) is 0 Å². The molecule has 1 aliphatic carbocycles. The van der Waals surface area contributed by atoms with Crippen LogP contribution in [0.1, 0.15) is 23.6 Å². The zero-order valence-corrected chi connectivity index (χ0v) is 8.95. The van der Waals surface area contributed by atoms with Crippen molar-refractivity contribution in [3.8, 4) is 0 Å². The van der Waals surface area contributed by atoms with Crippen LogP contribution >= 0.6 is 0 Å². The maximum atomic E-state index is 10.9. The summed E-state index contributed by atoms with van der Waals surface area (Å²) in [5.74, 6) is -1.12. The monoisotopic (exact) mass is 202 g/mol. The highest BCUT2D eigenvalue weighted by Gasteiger charge is 2.21. The first-order valence-electron chi connectivity index (χ1n) is 5.10. The van der Waals surface area contributed by atoms with Crippen molar-refractivity contribution in [3.63, 3.8) is 0 Å². The number of carbonyl (C=O) groups is 1. The van der Waals surface area contributed by atoms with E-state index in [1.807, 2.05) is 13.0 Å². The van der Waals surface area contributed by atoms with Gasteiger partial charge in [-0.3, -0.25) is 4.79 Å². The highest BCUT2D eigenvalue weighted by atomic mass is 16.4. The fourth-order valence-electron chi connectivity index (χ4n) is 1.92. The summed E-state index contributed by atoms with van der Waals surface area (Å²) >= 11 is 0. The summed E-state index contributed by atoms with van der Waals surface area (Å²) in [6.07, 6.45) is 2.80. The third-order valence-electron chi connectivity index (χ3n) is 2.96. The van der Waals surface area contributed by atoms with Crippen LogP contribution < -0.4 is 0 Å². The van der Waals surface area contributed by atoms with Crippen LogP contribution in [0.5, 0.6) is 0 Å². The van der Waals surface area contributed by atoms with E-state index in [1.54, 1.807) is 6.92 Å². The summed E-state index contributed by atoms with van der Waals surface area (Å²) < 4.78 is 0. The smallest absolute Gasteiger partial charge is 0.310 e. The van der Waals surface area contributed by atoms with Gasteiger partial charge in [-0.15, -0.1) is 0 Å². The molecule has 2 rings (SSSR count). The standard InChI is InChI=1S/C13H14O2/c1-8-3-4-10-6-11(7-12(10)5-8)9(2)13(14)15/h3-5,7,9H,6H2,1-2H3,(H,14,15). The number of fused-ring (bicyclic) bond motifs is 1. The lowest BCUT2D eigenvalue weighted by Crippen LogP contribution is -2.12. The van der Waals surface area contributed by atoms with Crippen molar-refractivity contribution in [1.82, 2.24) is 0 Å². The molecule has 1 aromatic carbocycles. The molecule has 0 aliphatic heterocycles. The van der Waals surface area contributed by atoms with E-state index >= 15 is 0 Å². The lowest BCUT2D eigenvalue weighted by atomic mass is 9.99. The SMILES string of the molecule is Cc1ccc2c(c1)C=C(C(C)C(=O)O)C2. The minimum absolute atomic E-state index is 0.377. The van der Waals surface area contributed by atoms with Gasteiger partial charge in [-0.05, 0) is 31.4 Å². The van der Waals surface area contributed by atoms with Gasteiger partial charge in [-0.1, -0.05) is 35.4 Å². The zero-order valence-electron chi connectivity index (χ0n) is 8.95. The Labute approximate surface area is 89.2 Å². The average molecular weight is 202 g/mol. The number of rotatable bonds is 2. The van der Waals surface area contributed by atoms with Crippen molar-refractivity contribution in [2.75, 3.05) is 0 Å². The molecule has 78 valence electrons. The maximum Gasteiger partial charge on any atom is 0.310 e. The van der Waals surface area contributed by atoms with Crippen molar-refractivity contribution in [3.05, 3.63) is 40.5 Å². The first-order valence-corrected chi connectivity index (χ1v) is 5.10. The molecule has 1 aromatic rings. The number of carboxylic acids is 1. The summed E-state index contributed by atoms with van der Waals surface area (Å²) in [5, 5.41) is 8.94. The molecule has 1 unspecified atom stereocenters. The van der Waals surface area contributed by atoms with Crippen LogP contribution in [0.4, 0.5) is 0 Å². The van der Waals surface area contributed by atoms with Gasteiger partial charge in [0.05, 0.1) is 5.92 Å². The second-order valence-electron chi connectivity index (χ2n) is 4.16. The normalized spacial score (nSPS) is 15.7. The van der Waals surface area contributed by atoms with Crippen LogP contribution in [0.25, 0.3) is 6.08 Å². The van der Waals surface area contributed by atoms with E-state index in [0.29, 0.717) is 0 Å². The van der Waals surface area contributed by atoms with Gasteiger partial charge in [0.15, 0.2) is 0 Å². The van der Waals surface area contributed by atoms with Crippen LogP contribution in [0.15, 0.2) is 23.8 Å². The predicted octanol–water partition coefficient (Wildman–Crippen LogP) is 2.66. The van der Waals surface area contributed by atoms with Crippen LogP contribution in [0.2, 0.25) is 0 Å².